The van der Waals surface area contributed by atoms with Gasteiger partial charge in [-0.05, 0) is 24.6 Å². The third-order valence-corrected chi connectivity index (χ3v) is 4.37. The van der Waals surface area contributed by atoms with Gasteiger partial charge in [0.1, 0.15) is 5.82 Å². The van der Waals surface area contributed by atoms with E-state index in [9.17, 15) is 14.0 Å². The van der Waals surface area contributed by atoms with Gasteiger partial charge in [-0.3, -0.25) is 20.0 Å². The first kappa shape index (κ1) is 17.6. The van der Waals surface area contributed by atoms with Crippen LogP contribution in [0.4, 0.5) is 10.3 Å². The molecular weight excluding hydrogens is 361 g/mol. The smallest absolute Gasteiger partial charge is 0.277 e. The third kappa shape index (κ3) is 3.27. The molecular formula is C20H16FN5O2. The fraction of sp³-hybridized carbons (Fsp3) is 0.100. The number of aromatic nitrogens is 4. The first-order valence-electron chi connectivity index (χ1n) is 8.61. The predicted octanol–water partition coefficient (Wildman–Crippen LogP) is 2.71. The average Bonchev–Trinajstić information content (AvgIpc) is 3.08. The molecule has 4 rings (SSSR count). The second-order valence-electron chi connectivity index (χ2n) is 6.28. The molecule has 0 spiro atoms. The second kappa shape index (κ2) is 7.07. The number of anilines is 1. The summed E-state index contributed by atoms with van der Waals surface area (Å²) in [6.07, 6.45) is 0.428. The molecule has 2 N–H and O–H groups in total. The minimum atomic E-state index is -0.675. The molecule has 0 saturated heterocycles. The second-order valence-corrected chi connectivity index (χ2v) is 6.28. The Morgan fingerprint density at radius 1 is 1.11 bits per heavy atom. The zero-order chi connectivity index (χ0) is 19.7. The SMILES string of the molecule is Cc1nc2nc(NC(=O)c3ccccc3F)[nH]n2c(=O)c1Cc1ccccc1. The van der Waals surface area contributed by atoms with E-state index >= 15 is 0 Å². The maximum absolute atomic E-state index is 13.8. The fourth-order valence-electron chi connectivity index (χ4n) is 2.93. The van der Waals surface area contributed by atoms with Gasteiger partial charge < -0.3 is 0 Å². The van der Waals surface area contributed by atoms with E-state index in [0.717, 1.165) is 5.56 Å². The van der Waals surface area contributed by atoms with Crippen LogP contribution < -0.4 is 10.9 Å². The molecule has 0 radical (unpaired) electrons. The summed E-state index contributed by atoms with van der Waals surface area (Å²) in [5.74, 6) is -1.18. The van der Waals surface area contributed by atoms with Gasteiger partial charge in [-0.25, -0.2) is 9.37 Å². The topological polar surface area (TPSA) is 92.2 Å². The summed E-state index contributed by atoms with van der Waals surface area (Å²) in [4.78, 5) is 33.6. The summed E-state index contributed by atoms with van der Waals surface area (Å²) in [7, 11) is 0. The summed E-state index contributed by atoms with van der Waals surface area (Å²) >= 11 is 0. The minimum absolute atomic E-state index is 0.00844. The van der Waals surface area contributed by atoms with Crippen LogP contribution in [0.1, 0.15) is 27.2 Å². The Balaban J connectivity index is 1.68. The largest absolute Gasteiger partial charge is 0.291 e. The van der Waals surface area contributed by atoms with E-state index in [-0.39, 0.29) is 22.8 Å². The van der Waals surface area contributed by atoms with Crippen LogP contribution in [0.15, 0.2) is 59.4 Å². The number of halogens is 1. The van der Waals surface area contributed by atoms with Crippen LogP contribution in [0.3, 0.4) is 0 Å². The molecule has 0 unspecified atom stereocenters. The van der Waals surface area contributed by atoms with Gasteiger partial charge in [0.2, 0.25) is 5.95 Å². The number of amides is 1. The molecule has 0 fully saturated rings. The van der Waals surface area contributed by atoms with Crippen LogP contribution in [0.5, 0.6) is 0 Å². The lowest BCUT2D eigenvalue weighted by molar-refractivity contribution is 0.102. The molecule has 0 atom stereocenters. The van der Waals surface area contributed by atoms with Crippen molar-refractivity contribution >= 4 is 17.6 Å². The van der Waals surface area contributed by atoms with Crippen molar-refractivity contribution in [3.8, 4) is 0 Å². The number of fused-ring (bicyclic) bond motifs is 1. The van der Waals surface area contributed by atoms with Crippen molar-refractivity contribution < 1.29 is 9.18 Å². The van der Waals surface area contributed by atoms with E-state index in [2.05, 4.69) is 20.4 Å². The number of aryl methyl sites for hydroxylation is 1. The maximum Gasteiger partial charge on any atom is 0.277 e. The molecule has 140 valence electrons. The molecule has 2 aromatic heterocycles. The van der Waals surface area contributed by atoms with Crippen LogP contribution in [0.2, 0.25) is 0 Å². The number of H-pyrrole nitrogens is 1. The third-order valence-electron chi connectivity index (χ3n) is 4.37. The lowest BCUT2D eigenvalue weighted by Gasteiger charge is -2.04. The van der Waals surface area contributed by atoms with E-state index in [0.29, 0.717) is 17.7 Å². The normalized spacial score (nSPS) is 10.9. The van der Waals surface area contributed by atoms with Crippen molar-refractivity contribution in [2.75, 3.05) is 5.32 Å². The van der Waals surface area contributed by atoms with Crippen LogP contribution >= 0.6 is 0 Å². The zero-order valence-electron chi connectivity index (χ0n) is 14.9. The van der Waals surface area contributed by atoms with Gasteiger partial charge in [-0.2, -0.15) is 9.50 Å². The monoisotopic (exact) mass is 377 g/mol. The highest BCUT2D eigenvalue weighted by molar-refractivity contribution is 6.03. The van der Waals surface area contributed by atoms with Gasteiger partial charge in [0.05, 0.1) is 11.3 Å². The summed E-state index contributed by atoms with van der Waals surface area (Å²) in [6.45, 7) is 1.74. The highest BCUT2D eigenvalue weighted by Gasteiger charge is 2.16. The number of carbonyl (C=O) groups excluding carboxylic acids is 1. The van der Waals surface area contributed by atoms with E-state index in [1.54, 1.807) is 13.0 Å². The van der Waals surface area contributed by atoms with Crippen LogP contribution in [-0.2, 0) is 6.42 Å². The molecule has 2 heterocycles. The van der Waals surface area contributed by atoms with E-state index < -0.39 is 11.7 Å². The van der Waals surface area contributed by atoms with Gasteiger partial charge in [0.15, 0.2) is 0 Å². The summed E-state index contributed by atoms with van der Waals surface area (Å²) in [5, 5.41) is 5.17. The number of benzene rings is 2. The van der Waals surface area contributed by atoms with Crippen LogP contribution in [0, 0.1) is 12.7 Å². The van der Waals surface area contributed by atoms with Crippen LogP contribution in [-0.4, -0.2) is 25.5 Å². The number of nitrogens with one attached hydrogen (secondary N) is 2. The van der Waals surface area contributed by atoms with Gasteiger partial charge >= 0.3 is 0 Å². The van der Waals surface area contributed by atoms with Crippen molar-refractivity contribution in [2.24, 2.45) is 0 Å². The number of nitrogens with zero attached hydrogens (tertiary/aromatic N) is 3. The highest BCUT2D eigenvalue weighted by atomic mass is 19.1. The fourth-order valence-corrected chi connectivity index (χ4v) is 2.93. The predicted molar refractivity (Wildman–Crippen MR) is 102 cm³/mol. The lowest BCUT2D eigenvalue weighted by Crippen LogP contribution is -2.22. The van der Waals surface area contributed by atoms with E-state index in [4.69, 9.17) is 0 Å². The molecule has 28 heavy (non-hydrogen) atoms. The highest BCUT2D eigenvalue weighted by Crippen LogP contribution is 2.12. The quantitative estimate of drug-likeness (QED) is 0.572. The molecule has 2 aromatic carbocycles. The molecule has 0 saturated carbocycles. The Bertz CT molecular complexity index is 1230. The van der Waals surface area contributed by atoms with Crippen molar-refractivity contribution in [3.63, 3.8) is 0 Å². The summed E-state index contributed by atoms with van der Waals surface area (Å²) < 4.78 is 14.9. The van der Waals surface area contributed by atoms with Crippen molar-refractivity contribution in [2.45, 2.75) is 13.3 Å². The summed E-state index contributed by atoms with van der Waals surface area (Å²) in [6, 6.07) is 15.2. The van der Waals surface area contributed by atoms with Crippen molar-refractivity contribution in [1.29, 1.82) is 0 Å². The number of hydrogen-bond acceptors (Lipinski definition) is 4. The lowest BCUT2D eigenvalue weighted by atomic mass is 10.1. The molecule has 1 amide bonds. The standard InChI is InChI=1S/C20H16FN5O2/c1-12-15(11-13-7-3-2-4-8-13)18(28)26-20(22-12)24-19(25-26)23-17(27)14-9-5-6-10-16(14)21/h2-10H,11H2,1H3,(H2,22,23,24,25,27). The molecule has 7 nitrogen and oxygen atoms in total. The molecule has 0 aliphatic rings. The molecule has 0 aliphatic carbocycles. The molecule has 0 aliphatic heterocycles. The van der Waals surface area contributed by atoms with E-state index in [1.165, 1.54) is 22.7 Å². The molecule has 4 aromatic rings. The maximum atomic E-state index is 13.8. The summed E-state index contributed by atoms with van der Waals surface area (Å²) in [5.41, 5.74) is 1.65. The number of rotatable bonds is 4. The Morgan fingerprint density at radius 3 is 2.57 bits per heavy atom. The van der Waals surface area contributed by atoms with Crippen molar-refractivity contribution in [1.82, 2.24) is 19.6 Å². The van der Waals surface area contributed by atoms with Gasteiger partial charge in [-0.15, -0.1) is 0 Å². The molecule has 8 heteroatoms. The van der Waals surface area contributed by atoms with Gasteiger partial charge in [0.25, 0.3) is 17.2 Å². The van der Waals surface area contributed by atoms with Gasteiger partial charge in [-0.1, -0.05) is 42.5 Å². The number of aromatic amines is 1. The molecule has 0 bridgehead atoms. The number of hydrogen-bond donors (Lipinski definition) is 2. The van der Waals surface area contributed by atoms with Crippen LogP contribution in [0.25, 0.3) is 5.78 Å². The van der Waals surface area contributed by atoms with E-state index in [1.807, 2.05) is 30.3 Å². The zero-order valence-corrected chi connectivity index (χ0v) is 14.9. The first-order chi connectivity index (χ1) is 13.5. The van der Waals surface area contributed by atoms with Crippen molar-refractivity contribution in [3.05, 3.63) is 93.2 Å². The minimum Gasteiger partial charge on any atom is -0.291 e. The van der Waals surface area contributed by atoms with Gasteiger partial charge in [0, 0.05) is 12.0 Å². The number of carbonyl (C=O) groups is 1. The first-order valence-corrected chi connectivity index (χ1v) is 8.61. The average molecular weight is 377 g/mol. The Hall–Kier alpha value is -3.81. The Morgan fingerprint density at radius 2 is 1.82 bits per heavy atom. The Labute approximate surface area is 158 Å². The Kier molecular flexibility index (Phi) is 4.44.